The maximum absolute atomic E-state index is 2.14. The van der Waals surface area contributed by atoms with Crippen molar-refractivity contribution in [3.63, 3.8) is 0 Å². The van der Waals surface area contributed by atoms with Crippen molar-refractivity contribution in [1.82, 2.24) is 0 Å². The highest BCUT2D eigenvalue weighted by Crippen LogP contribution is 2.14. The summed E-state index contributed by atoms with van der Waals surface area (Å²) < 4.78 is 0. The van der Waals surface area contributed by atoms with E-state index < -0.39 is 0 Å². The van der Waals surface area contributed by atoms with E-state index in [1.807, 2.05) is 12.1 Å². The first-order chi connectivity index (χ1) is 9.77. The molecule has 2 aromatic rings. The molecular formula is C20H20. The first kappa shape index (κ1) is 14.1. The van der Waals surface area contributed by atoms with Crippen molar-refractivity contribution >= 4 is 11.1 Å². The van der Waals surface area contributed by atoms with Crippen LogP contribution in [0, 0.1) is 0 Å². The molecule has 0 aromatic heterocycles. The second-order valence-corrected chi connectivity index (χ2v) is 4.82. The molecule has 0 spiro atoms. The zero-order chi connectivity index (χ0) is 14.2. The van der Waals surface area contributed by atoms with E-state index >= 15 is 0 Å². The van der Waals surface area contributed by atoms with E-state index in [1.54, 1.807) is 0 Å². The summed E-state index contributed by atoms with van der Waals surface area (Å²) in [4.78, 5) is 0. The summed E-state index contributed by atoms with van der Waals surface area (Å²) in [6, 6.07) is 20.9. The zero-order valence-electron chi connectivity index (χ0n) is 12.1. The van der Waals surface area contributed by atoms with Crippen LogP contribution in [0.1, 0.15) is 25.0 Å². The first-order valence-electron chi connectivity index (χ1n) is 6.90. The van der Waals surface area contributed by atoms with E-state index in [0.29, 0.717) is 0 Å². The third kappa shape index (κ3) is 4.10. The predicted octanol–water partition coefficient (Wildman–Crippen LogP) is 5.75. The summed E-state index contributed by atoms with van der Waals surface area (Å²) in [5, 5.41) is 0. The average Bonchev–Trinajstić information content (AvgIpc) is 2.53. The van der Waals surface area contributed by atoms with E-state index in [1.165, 1.54) is 22.3 Å². The second kappa shape index (κ2) is 7.30. The number of hydrogen-bond acceptors (Lipinski definition) is 0. The van der Waals surface area contributed by atoms with Crippen LogP contribution in [0.2, 0.25) is 0 Å². The molecule has 0 fully saturated rings. The Morgan fingerprint density at radius 3 is 1.30 bits per heavy atom. The Balaban J connectivity index is 2.04. The molecule has 2 rings (SSSR count). The predicted molar refractivity (Wildman–Crippen MR) is 89.3 cm³/mol. The van der Waals surface area contributed by atoms with Crippen LogP contribution in [-0.4, -0.2) is 0 Å². The summed E-state index contributed by atoms with van der Waals surface area (Å²) >= 11 is 0. The molecule has 20 heavy (non-hydrogen) atoms. The lowest BCUT2D eigenvalue weighted by Gasteiger charge is -1.99. The summed E-state index contributed by atoms with van der Waals surface area (Å²) in [7, 11) is 0. The van der Waals surface area contributed by atoms with Gasteiger partial charge in [0.05, 0.1) is 0 Å². The van der Waals surface area contributed by atoms with Gasteiger partial charge in [0.2, 0.25) is 0 Å². The molecule has 0 radical (unpaired) electrons. The van der Waals surface area contributed by atoms with Gasteiger partial charge in [0.15, 0.2) is 0 Å². The highest BCUT2D eigenvalue weighted by atomic mass is 14.0. The van der Waals surface area contributed by atoms with E-state index in [9.17, 15) is 0 Å². The molecule has 100 valence electrons. The van der Waals surface area contributed by atoms with Gasteiger partial charge in [-0.25, -0.2) is 0 Å². The summed E-state index contributed by atoms with van der Waals surface area (Å²) in [5.74, 6) is 0. The van der Waals surface area contributed by atoms with Crippen LogP contribution in [-0.2, 0) is 0 Å². The molecule has 0 N–H and O–H groups in total. The molecule has 0 unspecified atom stereocenters. The fourth-order valence-electron chi connectivity index (χ4n) is 1.99. The number of benzene rings is 2. The number of rotatable bonds is 4. The summed E-state index contributed by atoms with van der Waals surface area (Å²) in [6.45, 7) is 4.26. The third-order valence-electron chi connectivity index (χ3n) is 3.26. The van der Waals surface area contributed by atoms with Crippen molar-refractivity contribution in [2.45, 2.75) is 13.8 Å². The van der Waals surface area contributed by atoms with Crippen molar-refractivity contribution < 1.29 is 0 Å². The summed E-state index contributed by atoms with van der Waals surface area (Å²) in [5.41, 5.74) is 5.07. The Labute approximate surface area is 121 Å². The van der Waals surface area contributed by atoms with Gasteiger partial charge in [0.25, 0.3) is 0 Å². The largest absolute Gasteiger partial charge is 0.0622 e. The van der Waals surface area contributed by atoms with Gasteiger partial charge in [0.1, 0.15) is 0 Å². The van der Waals surface area contributed by atoms with Crippen molar-refractivity contribution in [2.24, 2.45) is 0 Å². The first-order valence-corrected chi connectivity index (χ1v) is 6.90. The lowest BCUT2D eigenvalue weighted by molar-refractivity contribution is 1.56. The van der Waals surface area contributed by atoms with E-state index in [4.69, 9.17) is 0 Å². The van der Waals surface area contributed by atoms with Crippen molar-refractivity contribution in [3.8, 4) is 0 Å². The fourth-order valence-corrected chi connectivity index (χ4v) is 1.99. The van der Waals surface area contributed by atoms with Gasteiger partial charge in [0, 0.05) is 0 Å². The molecule has 0 bridgehead atoms. The van der Waals surface area contributed by atoms with Gasteiger partial charge < -0.3 is 0 Å². The van der Waals surface area contributed by atoms with E-state index in [-0.39, 0.29) is 0 Å². The molecule has 0 amide bonds. The standard InChI is InChI=1S/C20H20/c1-17(19-13-5-3-6-14-19)11-9-10-12-18(2)20-15-7-4-8-16-20/h3-16H,1-2H3. The number of allylic oxidation sites excluding steroid dienone is 6. The van der Waals surface area contributed by atoms with Crippen LogP contribution >= 0.6 is 0 Å². The van der Waals surface area contributed by atoms with Gasteiger partial charge in [-0.3, -0.25) is 0 Å². The minimum atomic E-state index is 1.26. The maximum Gasteiger partial charge on any atom is -0.0227 e. The maximum atomic E-state index is 2.14. The Bertz CT molecular complexity index is 556. The Morgan fingerprint density at radius 2 is 0.950 bits per heavy atom. The molecule has 2 aromatic carbocycles. The highest BCUT2D eigenvalue weighted by molar-refractivity contribution is 5.67. The Hall–Kier alpha value is -2.34. The molecule has 0 aliphatic carbocycles. The quantitative estimate of drug-likeness (QED) is 0.614. The number of hydrogen-bond donors (Lipinski definition) is 0. The van der Waals surface area contributed by atoms with E-state index in [0.717, 1.165) is 0 Å². The van der Waals surface area contributed by atoms with Gasteiger partial charge in [-0.15, -0.1) is 0 Å². The Kier molecular flexibility index (Phi) is 5.14. The summed E-state index contributed by atoms with van der Waals surface area (Å²) in [6.07, 6.45) is 8.47. The van der Waals surface area contributed by atoms with Gasteiger partial charge >= 0.3 is 0 Å². The van der Waals surface area contributed by atoms with Gasteiger partial charge in [-0.05, 0) is 36.1 Å². The topological polar surface area (TPSA) is 0 Å². The molecule has 0 atom stereocenters. The van der Waals surface area contributed by atoms with Gasteiger partial charge in [-0.1, -0.05) is 85.0 Å². The van der Waals surface area contributed by atoms with Crippen LogP contribution in [0.3, 0.4) is 0 Å². The van der Waals surface area contributed by atoms with E-state index in [2.05, 4.69) is 86.7 Å². The fraction of sp³-hybridized carbons (Fsp3) is 0.100. The van der Waals surface area contributed by atoms with Crippen molar-refractivity contribution in [1.29, 1.82) is 0 Å². The van der Waals surface area contributed by atoms with Crippen LogP contribution < -0.4 is 0 Å². The third-order valence-corrected chi connectivity index (χ3v) is 3.26. The monoisotopic (exact) mass is 260 g/mol. The van der Waals surface area contributed by atoms with Crippen LogP contribution in [0.5, 0.6) is 0 Å². The second-order valence-electron chi connectivity index (χ2n) is 4.82. The highest BCUT2D eigenvalue weighted by Gasteiger charge is 1.92. The van der Waals surface area contributed by atoms with Crippen LogP contribution in [0.4, 0.5) is 0 Å². The minimum Gasteiger partial charge on any atom is -0.0622 e. The van der Waals surface area contributed by atoms with Crippen LogP contribution in [0.25, 0.3) is 11.1 Å². The molecule has 0 saturated carbocycles. The smallest absolute Gasteiger partial charge is 0.0227 e. The van der Waals surface area contributed by atoms with Gasteiger partial charge in [-0.2, -0.15) is 0 Å². The van der Waals surface area contributed by atoms with Crippen molar-refractivity contribution in [2.75, 3.05) is 0 Å². The van der Waals surface area contributed by atoms with Crippen molar-refractivity contribution in [3.05, 3.63) is 96.1 Å². The Morgan fingerprint density at radius 1 is 0.600 bits per heavy atom. The molecule has 0 aliphatic rings. The van der Waals surface area contributed by atoms with Crippen LogP contribution in [0.15, 0.2) is 85.0 Å². The molecule has 0 heteroatoms. The average molecular weight is 260 g/mol. The lowest BCUT2D eigenvalue weighted by Crippen LogP contribution is -1.77. The molecule has 0 nitrogen and oxygen atoms in total. The normalized spacial score (nSPS) is 12.9. The molecule has 0 saturated heterocycles. The molecular weight excluding hydrogens is 240 g/mol. The molecule has 0 heterocycles. The molecule has 0 aliphatic heterocycles. The zero-order valence-corrected chi connectivity index (χ0v) is 12.1. The SMILES string of the molecule is CC(=CC=CC=C(C)c1ccccc1)c1ccccc1. The minimum absolute atomic E-state index is 1.26. The lowest BCUT2D eigenvalue weighted by atomic mass is 10.1.